The van der Waals surface area contributed by atoms with Crippen LogP contribution in [0, 0.1) is 5.92 Å². The summed E-state index contributed by atoms with van der Waals surface area (Å²) in [6.07, 6.45) is 0.943. The lowest BCUT2D eigenvalue weighted by Gasteiger charge is -2.13. The van der Waals surface area contributed by atoms with Crippen LogP contribution in [0.2, 0.25) is 0 Å². The molecule has 2 rings (SSSR count). The second-order valence-corrected chi connectivity index (χ2v) is 5.70. The molecule has 0 bridgehead atoms. The predicted molar refractivity (Wildman–Crippen MR) is 86.6 cm³/mol. The third-order valence-electron chi connectivity index (χ3n) is 3.97. The van der Waals surface area contributed by atoms with Gasteiger partial charge in [0.25, 0.3) is 0 Å². The first-order valence-electron chi connectivity index (χ1n) is 7.98. The molecule has 2 N–H and O–H groups in total. The van der Waals surface area contributed by atoms with Crippen molar-refractivity contribution in [3.63, 3.8) is 0 Å². The van der Waals surface area contributed by atoms with E-state index in [9.17, 15) is 14.4 Å². The molecule has 7 heteroatoms. The number of carbonyl (C=O) groups excluding carboxylic acids is 2. The van der Waals surface area contributed by atoms with Crippen LogP contribution < -0.4 is 10.1 Å². The molecular weight excluding hydrogens is 312 g/mol. The highest BCUT2D eigenvalue weighted by atomic mass is 16.5. The smallest absolute Gasteiger partial charge is 0.341 e. The maximum atomic E-state index is 12.1. The number of carbonyl (C=O) groups is 3. The summed E-state index contributed by atoms with van der Waals surface area (Å²) < 4.78 is 5.06. The van der Waals surface area contributed by atoms with E-state index in [1.54, 1.807) is 17.0 Å². The van der Waals surface area contributed by atoms with Crippen LogP contribution >= 0.6 is 0 Å². The normalized spacial score (nSPS) is 17.0. The monoisotopic (exact) mass is 334 g/mol. The number of nitrogens with zero attached hydrogens (tertiary/aromatic N) is 1. The van der Waals surface area contributed by atoms with Crippen molar-refractivity contribution in [1.82, 2.24) is 10.2 Å². The Morgan fingerprint density at radius 3 is 2.62 bits per heavy atom. The van der Waals surface area contributed by atoms with Crippen molar-refractivity contribution in [2.45, 2.75) is 19.8 Å². The third kappa shape index (κ3) is 4.97. The number of hydrogen-bond donors (Lipinski definition) is 2. The Morgan fingerprint density at radius 2 is 2.04 bits per heavy atom. The van der Waals surface area contributed by atoms with Gasteiger partial charge >= 0.3 is 5.97 Å². The fraction of sp³-hybridized carbons (Fsp3) is 0.471. The number of likely N-dealkylation sites (tertiary alicyclic amines) is 1. The number of hydrogen-bond acceptors (Lipinski definition) is 4. The Hall–Kier alpha value is -2.57. The predicted octanol–water partition coefficient (Wildman–Crippen LogP) is 0.677. The molecule has 7 nitrogen and oxygen atoms in total. The van der Waals surface area contributed by atoms with Crippen LogP contribution in [-0.2, 0) is 20.8 Å². The molecular formula is C17H22N2O5. The van der Waals surface area contributed by atoms with Gasteiger partial charge in [-0.05, 0) is 31.0 Å². The summed E-state index contributed by atoms with van der Waals surface area (Å²) in [4.78, 5) is 35.8. The van der Waals surface area contributed by atoms with E-state index in [4.69, 9.17) is 9.84 Å². The fourth-order valence-corrected chi connectivity index (χ4v) is 2.63. The topological polar surface area (TPSA) is 95.9 Å². The summed E-state index contributed by atoms with van der Waals surface area (Å²) >= 11 is 0. The molecule has 0 aliphatic carbocycles. The van der Waals surface area contributed by atoms with Gasteiger partial charge in [-0.25, -0.2) is 4.79 Å². The Balaban J connectivity index is 1.73. The van der Waals surface area contributed by atoms with Crippen molar-refractivity contribution in [3.05, 3.63) is 29.8 Å². The zero-order valence-electron chi connectivity index (χ0n) is 13.7. The molecule has 1 aliphatic heterocycles. The number of nitrogens with one attached hydrogen (secondary N) is 1. The zero-order valence-corrected chi connectivity index (χ0v) is 13.7. The van der Waals surface area contributed by atoms with E-state index in [1.807, 2.05) is 19.1 Å². The highest BCUT2D eigenvalue weighted by Crippen LogP contribution is 2.17. The van der Waals surface area contributed by atoms with Crippen LogP contribution in [-0.4, -0.2) is 54.0 Å². The molecule has 1 saturated heterocycles. The molecule has 130 valence electrons. The number of amides is 2. The summed E-state index contributed by atoms with van der Waals surface area (Å²) in [6.45, 7) is 3.16. The lowest BCUT2D eigenvalue weighted by molar-refractivity contribution is -0.139. The molecule has 0 saturated carbocycles. The lowest BCUT2D eigenvalue weighted by atomic mass is 10.1. The summed E-state index contributed by atoms with van der Waals surface area (Å²) in [5.41, 5.74) is 1.01. The van der Waals surface area contributed by atoms with Gasteiger partial charge < -0.3 is 20.1 Å². The fourth-order valence-electron chi connectivity index (χ4n) is 2.63. The molecule has 0 aromatic heterocycles. The lowest BCUT2D eigenvalue weighted by Crippen LogP contribution is -2.34. The van der Waals surface area contributed by atoms with Gasteiger partial charge in [-0.3, -0.25) is 9.59 Å². The molecule has 0 spiro atoms. The van der Waals surface area contributed by atoms with Gasteiger partial charge in [-0.15, -0.1) is 0 Å². The van der Waals surface area contributed by atoms with E-state index in [-0.39, 0.29) is 30.8 Å². The van der Waals surface area contributed by atoms with Crippen LogP contribution in [0.1, 0.15) is 18.9 Å². The van der Waals surface area contributed by atoms with Gasteiger partial charge in [0.1, 0.15) is 5.75 Å². The first kappa shape index (κ1) is 17.8. The maximum Gasteiger partial charge on any atom is 0.341 e. The molecule has 0 radical (unpaired) electrons. The number of ether oxygens (including phenoxy) is 1. The summed E-state index contributed by atoms with van der Waals surface area (Å²) in [5.74, 6) is -0.831. The SMILES string of the molecule is CCN1CC(C(=O)NCCc2ccc(OCC(=O)O)cc2)CC1=O. The summed E-state index contributed by atoms with van der Waals surface area (Å²) in [6, 6.07) is 7.08. The minimum atomic E-state index is -1.02. The number of carboxylic acids is 1. The largest absolute Gasteiger partial charge is 0.482 e. The third-order valence-corrected chi connectivity index (χ3v) is 3.97. The molecule has 24 heavy (non-hydrogen) atoms. The van der Waals surface area contributed by atoms with Gasteiger partial charge in [-0.2, -0.15) is 0 Å². The van der Waals surface area contributed by atoms with Crippen LogP contribution in [0.15, 0.2) is 24.3 Å². The average molecular weight is 334 g/mol. The average Bonchev–Trinajstić information content (AvgIpc) is 2.95. The number of rotatable bonds is 8. The molecule has 2 amide bonds. The van der Waals surface area contributed by atoms with Crippen molar-refractivity contribution in [1.29, 1.82) is 0 Å². The van der Waals surface area contributed by atoms with E-state index in [0.717, 1.165) is 5.56 Å². The Morgan fingerprint density at radius 1 is 1.33 bits per heavy atom. The molecule has 1 aliphatic rings. The van der Waals surface area contributed by atoms with Gasteiger partial charge in [0, 0.05) is 26.1 Å². The second-order valence-electron chi connectivity index (χ2n) is 5.70. The molecule has 1 heterocycles. The van der Waals surface area contributed by atoms with E-state index < -0.39 is 5.97 Å². The quantitative estimate of drug-likeness (QED) is 0.729. The Labute approximate surface area is 140 Å². The number of aliphatic carboxylic acids is 1. The minimum absolute atomic E-state index is 0.0367. The Bertz CT molecular complexity index is 600. The molecule has 1 aromatic rings. The van der Waals surface area contributed by atoms with Gasteiger partial charge in [-0.1, -0.05) is 12.1 Å². The first-order chi connectivity index (χ1) is 11.5. The number of carboxylic acid groups (broad SMARTS) is 1. The number of benzene rings is 1. The van der Waals surface area contributed by atoms with E-state index in [1.165, 1.54) is 0 Å². The van der Waals surface area contributed by atoms with E-state index >= 15 is 0 Å². The van der Waals surface area contributed by atoms with Crippen LogP contribution in [0.3, 0.4) is 0 Å². The van der Waals surface area contributed by atoms with Crippen molar-refractivity contribution >= 4 is 17.8 Å². The first-order valence-corrected chi connectivity index (χ1v) is 7.98. The highest BCUT2D eigenvalue weighted by molar-refractivity contribution is 5.89. The van der Waals surface area contributed by atoms with Crippen LogP contribution in [0.5, 0.6) is 5.75 Å². The van der Waals surface area contributed by atoms with Crippen LogP contribution in [0.25, 0.3) is 0 Å². The molecule has 1 unspecified atom stereocenters. The van der Waals surface area contributed by atoms with Crippen molar-refractivity contribution in [2.75, 3.05) is 26.2 Å². The minimum Gasteiger partial charge on any atom is -0.482 e. The highest BCUT2D eigenvalue weighted by Gasteiger charge is 2.32. The van der Waals surface area contributed by atoms with E-state index in [2.05, 4.69) is 5.32 Å². The van der Waals surface area contributed by atoms with Crippen LogP contribution in [0.4, 0.5) is 0 Å². The zero-order chi connectivity index (χ0) is 17.5. The standard InChI is InChI=1S/C17H22N2O5/c1-2-19-10-13(9-15(19)20)17(23)18-8-7-12-3-5-14(6-4-12)24-11-16(21)22/h3-6,13H,2,7-11H2,1H3,(H,18,23)(H,21,22). The van der Waals surface area contributed by atoms with Crippen molar-refractivity contribution in [2.24, 2.45) is 5.92 Å². The Kier molecular flexibility index (Phi) is 6.17. The van der Waals surface area contributed by atoms with Crippen molar-refractivity contribution in [3.8, 4) is 5.75 Å². The summed E-state index contributed by atoms with van der Waals surface area (Å²) in [5, 5.41) is 11.4. The van der Waals surface area contributed by atoms with Gasteiger partial charge in [0.2, 0.25) is 11.8 Å². The molecule has 1 atom stereocenters. The maximum absolute atomic E-state index is 12.1. The molecule has 1 fully saturated rings. The van der Waals surface area contributed by atoms with Crippen molar-refractivity contribution < 1.29 is 24.2 Å². The second kappa shape index (κ2) is 8.33. The molecule has 1 aromatic carbocycles. The van der Waals surface area contributed by atoms with E-state index in [0.29, 0.717) is 31.8 Å². The van der Waals surface area contributed by atoms with Gasteiger partial charge in [0.05, 0.1) is 5.92 Å². The van der Waals surface area contributed by atoms with Gasteiger partial charge in [0.15, 0.2) is 6.61 Å². The summed E-state index contributed by atoms with van der Waals surface area (Å²) in [7, 11) is 0.